The summed E-state index contributed by atoms with van der Waals surface area (Å²) in [5.41, 5.74) is 8.66. The van der Waals surface area contributed by atoms with Gasteiger partial charge in [-0.15, -0.1) is 11.3 Å². The molecule has 1 aromatic heterocycles. The molecule has 0 radical (unpaired) electrons. The standard InChI is InChI=1S/C18H23N3O3S/c1-13(2)10-21(18(23)24-11-15-9-20-12-25-15)17(22)16(19)8-14-6-4-3-5-7-14/h3-7,9,12-13,16H,8,10-11,19H2,1-2H3/t16-/m0/s1. The lowest BCUT2D eigenvalue weighted by atomic mass is 10.1. The first kappa shape index (κ1) is 19.1. The Kier molecular flexibility index (Phi) is 7.09. The van der Waals surface area contributed by atoms with Gasteiger partial charge in [0.2, 0.25) is 5.91 Å². The SMILES string of the molecule is CC(C)CN(C(=O)OCc1cncs1)C(=O)[C@@H](N)Cc1ccccc1. The summed E-state index contributed by atoms with van der Waals surface area (Å²) < 4.78 is 5.25. The monoisotopic (exact) mass is 361 g/mol. The molecule has 0 fully saturated rings. The normalized spacial score (nSPS) is 12.0. The molecule has 0 aliphatic heterocycles. The van der Waals surface area contributed by atoms with E-state index in [1.165, 1.54) is 11.3 Å². The number of imide groups is 1. The predicted octanol–water partition coefficient (Wildman–Crippen LogP) is 2.83. The van der Waals surface area contributed by atoms with E-state index in [1.807, 2.05) is 44.2 Å². The molecular formula is C18H23N3O3S. The Hall–Kier alpha value is -2.25. The molecule has 0 saturated heterocycles. The van der Waals surface area contributed by atoms with Crippen LogP contribution in [0.4, 0.5) is 4.79 Å². The molecule has 0 aliphatic carbocycles. The van der Waals surface area contributed by atoms with Gasteiger partial charge in [0.1, 0.15) is 6.61 Å². The lowest BCUT2D eigenvalue weighted by molar-refractivity contribution is -0.131. The minimum absolute atomic E-state index is 0.0965. The molecule has 2 amide bonds. The second kappa shape index (κ2) is 9.29. The van der Waals surface area contributed by atoms with Gasteiger partial charge in [0, 0.05) is 12.7 Å². The van der Waals surface area contributed by atoms with Crippen molar-refractivity contribution in [2.24, 2.45) is 11.7 Å². The third kappa shape index (κ3) is 5.95. The summed E-state index contributed by atoms with van der Waals surface area (Å²) in [6.07, 6.45) is 1.33. The van der Waals surface area contributed by atoms with E-state index in [0.717, 1.165) is 15.3 Å². The Morgan fingerprint density at radius 3 is 2.60 bits per heavy atom. The van der Waals surface area contributed by atoms with E-state index in [1.54, 1.807) is 11.7 Å². The van der Waals surface area contributed by atoms with E-state index < -0.39 is 18.0 Å². The van der Waals surface area contributed by atoms with E-state index in [2.05, 4.69) is 4.98 Å². The molecular weight excluding hydrogens is 338 g/mol. The third-order valence-electron chi connectivity index (χ3n) is 3.47. The van der Waals surface area contributed by atoms with Gasteiger partial charge in [0.25, 0.3) is 0 Å². The van der Waals surface area contributed by atoms with Crippen molar-refractivity contribution in [2.75, 3.05) is 6.54 Å². The molecule has 2 N–H and O–H groups in total. The number of amides is 2. The van der Waals surface area contributed by atoms with Gasteiger partial charge in [-0.3, -0.25) is 9.78 Å². The number of hydrogen-bond acceptors (Lipinski definition) is 6. The van der Waals surface area contributed by atoms with Crippen molar-refractivity contribution >= 4 is 23.3 Å². The number of nitrogens with two attached hydrogens (primary N) is 1. The van der Waals surface area contributed by atoms with E-state index in [0.29, 0.717) is 6.42 Å². The van der Waals surface area contributed by atoms with Crippen molar-refractivity contribution < 1.29 is 14.3 Å². The first-order chi connectivity index (χ1) is 12.0. The average Bonchev–Trinajstić information content (AvgIpc) is 3.11. The van der Waals surface area contributed by atoms with Crippen LogP contribution in [0.2, 0.25) is 0 Å². The average molecular weight is 361 g/mol. The summed E-state index contributed by atoms with van der Waals surface area (Å²) in [7, 11) is 0. The van der Waals surface area contributed by atoms with E-state index in [9.17, 15) is 9.59 Å². The van der Waals surface area contributed by atoms with E-state index >= 15 is 0 Å². The molecule has 2 aromatic rings. The van der Waals surface area contributed by atoms with Gasteiger partial charge >= 0.3 is 6.09 Å². The molecule has 25 heavy (non-hydrogen) atoms. The molecule has 7 heteroatoms. The maximum absolute atomic E-state index is 12.7. The largest absolute Gasteiger partial charge is 0.443 e. The Morgan fingerprint density at radius 1 is 1.28 bits per heavy atom. The highest BCUT2D eigenvalue weighted by molar-refractivity contribution is 7.09. The number of rotatable bonds is 7. The molecule has 134 valence electrons. The number of nitrogens with zero attached hydrogens (tertiary/aromatic N) is 2. The zero-order chi connectivity index (χ0) is 18.2. The Bertz CT molecular complexity index is 674. The first-order valence-corrected chi connectivity index (χ1v) is 9.00. The maximum atomic E-state index is 12.7. The van der Waals surface area contributed by atoms with Crippen molar-refractivity contribution in [1.82, 2.24) is 9.88 Å². The van der Waals surface area contributed by atoms with Crippen molar-refractivity contribution in [3.05, 3.63) is 52.5 Å². The Labute approximate surface area is 151 Å². The maximum Gasteiger partial charge on any atom is 0.416 e. The lowest BCUT2D eigenvalue weighted by Crippen LogP contribution is -2.49. The summed E-state index contributed by atoms with van der Waals surface area (Å²) >= 11 is 1.39. The highest BCUT2D eigenvalue weighted by Crippen LogP contribution is 2.11. The number of ether oxygens (including phenoxy) is 1. The Morgan fingerprint density at radius 2 is 2.00 bits per heavy atom. The molecule has 0 saturated carbocycles. The third-order valence-corrected chi connectivity index (χ3v) is 4.22. The number of benzene rings is 1. The van der Waals surface area contributed by atoms with Crippen molar-refractivity contribution in [3.8, 4) is 0 Å². The molecule has 6 nitrogen and oxygen atoms in total. The number of carbonyl (C=O) groups is 2. The van der Waals surface area contributed by atoms with Gasteiger partial charge in [0.05, 0.1) is 16.4 Å². The minimum Gasteiger partial charge on any atom is -0.443 e. The second-order valence-corrected chi connectivity index (χ2v) is 7.13. The topological polar surface area (TPSA) is 85.5 Å². The zero-order valence-corrected chi connectivity index (χ0v) is 15.2. The van der Waals surface area contributed by atoms with E-state index in [-0.39, 0.29) is 19.1 Å². The quantitative estimate of drug-likeness (QED) is 0.819. The van der Waals surface area contributed by atoms with E-state index in [4.69, 9.17) is 10.5 Å². The zero-order valence-electron chi connectivity index (χ0n) is 14.4. The summed E-state index contributed by atoms with van der Waals surface area (Å²) in [4.78, 5) is 30.9. The van der Waals surface area contributed by atoms with Crippen LogP contribution < -0.4 is 5.73 Å². The molecule has 1 atom stereocenters. The van der Waals surface area contributed by atoms with Crippen LogP contribution in [0.15, 0.2) is 42.0 Å². The van der Waals surface area contributed by atoms with Gasteiger partial charge < -0.3 is 10.5 Å². The number of carbonyl (C=O) groups excluding carboxylic acids is 2. The van der Waals surface area contributed by atoms with Crippen LogP contribution in [0, 0.1) is 5.92 Å². The van der Waals surface area contributed by atoms with Crippen molar-refractivity contribution in [3.63, 3.8) is 0 Å². The molecule has 0 bridgehead atoms. The molecule has 1 aromatic carbocycles. The molecule has 1 heterocycles. The highest BCUT2D eigenvalue weighted by Gasteiger charge is 2.28. The minimum atomic E-state index is -0.794. The van der Waals surface area contributed by atoms with Crippen LogP contribution in [0.1, 0.15) is 24.3 Å². The summed E-state index contributed by atoms with van der Waals surface area (Å²) in [5.74, 6) is -0.310. The molecule has 0 spiro atoms. The summed E-state index contributed by atoms with van der Waals surface area (Å²) in [6, 6.07) is 8.70. The lowest BCUT2D eigenvalue weighted by Gasteiger charge is -2.25. The van der Waals surface area contributed by atoms with Crippen LogP contribution in [-0.4, -0.2) is 34.5 Å². The fourth-order valence-corrected chi connectivity index (χ4v) is 2.81. The number of thiazole rings is 1. The smallest absolute Gasteiger partial charge is 0.416 e. The van der Waals surface area contributed by atoms with Crippen LogP contribution in [0.25, 0.3) is 0 Å². The summed E-state index contributed by atoms with van der Waals surface area (Å²) in [6.45, 7) is 4.22. The van der Waals surface area contributed by atoms with Gasteiger partial charge in [0.15, 0.2) is 0 Å². The van der Waals surface area contributed by atoms with Crippen LogP contribution in [0.3, 0.4) is 0 Å². The Balaban J connectivity index is 2.01. The molecule has 2 rings (SSSR count). The summed E-state index contributed by atoms with van der Waals surface area (Å²) in [5, 5.41) is 0. The van der Waals surface area contributed by atoms with Gasteiger partial charge in [-0.05, 0) is 17.9 Å². The second-order valence-electron chi connectivity index (χ2n) is 6.16. The van der Waals surface area contributed by atoms with Crippen molar-refractivity contribution in [2.45, 2.75) is 32.9 Å². The van der Waals surface area contributed by atoms with Crippen molar-refractivity contribution in [1.29, 1.82) is 0 Å². The van der Waals surface area contributed by atoms with Gasteiger partial charge in [-0.1, -0.05) is 44.2 Å². The van der Waals surface area contributed by atoms with Gasteiger partial charge in [-0.2, -0.15) is 0 Å². The van der Waals surface area contributed by atoms with Gasteiger partial charge in [-0.25, -0.2) is 9.69 Å². The number of hydrogen-bond donors (Lipinski definition) is 1. The number of aromatic nitrogens is 1. The fourth-order valence-electron chi connectivity index (χ4n) is 2.30. The fraction of sp³-hybridized carbons (Fsp3) is 0.389. The molecule has 0 aliphatic rings. The molecule has 0 unspecified atom stereocenters. The first-order valence-electron chi connectivity index (χ1n) is 8.12. The van der Waals surface area contributed by atoms with Crippen LogP contribution >= 0.6 is 11.3 Å². The van der Waals surface area contributed by atoms with Crippen LogP contribution in [0.5, 0.6) is 0 Å². The highest BCUT2D eigenvalue weighted by atomic mass is 32.1. The van der Waals surface area contributed by atoms with Crippen LogP contribution in [-0.2, 0) is 22.6 Å². The predicted molar refractivity (Wildman–Crippen MR) is 97.0 cm³/mol.